The molecule has 65 heavy (non-hydrogen) atoms. The molecule has 10 aromatic rings. The minimum Gasteiger partial charge on any atom is -0.455 e. The summed E-state index contributed by atoms with van der Waals surface area (Å²) in [5, 5.41) is 7.07. The molecule has 8 heteroatoms. The molecule has 8 nitrogen and oxygen atoms in total. The molecule has 0 aliphatic carbocycles. The van der Waals surface area contributed by atoms with Crippen LogP contribution in [0.3, 0.4) is 0 Å². The highest BCUT2D eigenvalue weighted by molar-refractivity contribution is 6.12. The number of benzene rings is 6. The monoisotopic (exact) mass is 853 g/mol. The van der Waals surface area contributed by atoms with Crippen molar-refractivity contribution < 1.29 is 13.3 Å². The summed E-state index contributed by atoms with van der Waals surface area (Å²) in [7, 11) is 0. The summed E-state index contributed by atoms with van der Waals surface area (Å²) in [4.78, 5) is 14.3. The number of aryl methyl sites for hydroxylation is 2. The van der Waals surface area contributed by atoms with Crippen molar-refractivity contribution in [2.45, 2.75) is 51.4 Å². The van der Waals surface area contributed by atoms with Crippen molar-refractivity contribution in [3.05, 3.63) is 176 Å². The molecule has 0 radical (unpaired) electrons. The average Bonchev–Trinajstić information content (AvgIpc) is 4.21. The first-order valence-corrected chi connectivity index (χ1v) is 23.3. The Morgan fingerprint density at radius 1 is 0.431 bits per heavy atom. The number of pyridine rings is 1. The molecule has 12 rings (SSSR count). The van der Waals surface area contributed by atoms with Crippen LogP contribution in [0.25, 0.3) is 77.1 Å². The number of unbranched alkanes of at least 4 members (excludes halogenated alkanes) is 4. The van der Waals surface area contributed by atoms with Crippen LogP contribution in [-0.2, 0) is 12.8 Å². The highest BCUT2D eigenvalue weighted by Gasteiger charge is 2.23. The molecule has 0 spiro atoms. The molecule has 0 fully saturated rings. The van der Waals surface area contributed by atoms with Gasteiger partial charge in [0.05, 0.1) is 30.4 Å². The summed E-state index contributed by atoms with van der Waals surface area (Å²) < 4.78 is 19.2. The molecule has 2 aliphatic heterocycles. The summed E-state index contributed by atoms with van der Waals surface area (Å²) in [6, 6.07) is 46.8. The zero-order valence-corrected chi connectivity index (χ0v) is 36.5. The third-order valence-electron chi connectivity index (χ3n) is 13.5. The van der Waals surface area contributed by atoms with Crippen molar-refractivity contribution in [2.75, 3.05) is 36.2 Å². The van der Waals surface area contributed by atoms with E-state index < -0.39 is 0 Å². The molecule has 0 N–H and O–H groups in total. The lowest BCUT2D eigenvalue weighted by atomic mass is 9.99. The number of anilines is 2. The van der Waals surface area contributed by atoms with E-state index in [-0.39, 0.29) is 0 Å². The smallest absolute Gasteiger partial charge is 0.159 e. The Labute approximate surface area is 378 Å². The quantitative estimate of drug-likeness (QED) is 0.0945. The fraction of sp³-hybridized carbons (Fsp3) is 0.211. The van der Waals surface area contributed by atoms with Gasteiger partial charge < -0.3 is 32.9 Å². The number of para-hydroxylation sites is 5. The van der Waals surface area contributed by atoms with Gasteiger partial charge in [-0.05, 0) is 92.1 Å². The third kappa shape index (κ3) is 7.42. The summed E-state index contributed by atoms with van der Waals surface area (Å²) in [5.41, 5.74) is 12.5. The van der Waals surface area contributed by atoms with Gasteiger partial charge in [-0.15, -0.1) is 0 Å². The van der Waals surface area contributed by atoms with E-state index in [0.29, 0.717) is 0 Å². The van der Waals surface area contributed by atoms with E-state index in [2.05, 4.69) is 154 Å². The van der Waals surface area contributed by atoms with Crippen molar-refractivity contribution >= 4 is 77.2 Å². The van der Waals surface area contributed by atoms with Crippen molar-refractivity contribution in [1.29, 1.82) is 0 Å². The average molecular weight is 854 g/mol. The van der Waals surface area contributed by atoms with Crippen LogP contribution < -0.4 is 9.80 Å². The molecular formula is C57H51N5O3. The van der Waals surface area contributed by atoms with E-state index in [1.807, 2.05) is 30.5 Å². The van der Waals surface area contributed by atoms with Gasteiger partial charge in [0.2, 0.25) is 0 Å². The van der Waals surface area contributed by atoms with E-state index in [9.17, 15) is 0 Å². The van der Waals surface area contributed by atoms with Crippen LogP contribution in [0.1, 0.15) is 49.7 Å². The SMILES string of the molecule is C1=CN(c2cccc3c2oc2ccccc23)CN1CCCCN1C=CN(c2ccc(CCCCCCc3ccc(-c4cccc5c4oc4ccccc45)nc3)c3c2oc2ccccc23)C1. The molecule has 6 heterocycles. The van der Waals surface area contributed by atoms with Crippen molar-refractivity contribution in [2.24, 2.45) is 0 Å². The molecule has 6 aromatic carbocycles. The first-order chi connectivity index (χ1) is 32.2. The lowest BCUT2D eigenvalue weighted by molar-refractivity contribution is 0.354. The van der Waals surface area contributed by atoms with E-state index in [1.165, 1.54) is 45.5 Å². The number of nitrogens with zero attached hydrogens (tertiary/aromatic N) is 5. The standard InChI is InChI=1S/C57H51N5O3/c1(3-15-40-27-29-48(58-37-40)46-22-13-20-44-42-17-5-8-24-51(42)63-55(44)46)2-4-16-41-28-30-50(57-54(41)47-19-7-10-26-53(47)65-57)62-36-34-60(39-62)32-12-11-31-59-33-35-61(38-59)49-23-14-21-45-43-18-6-9-25-52(43)64-56(45)49/h5-10,13-14,17-30,33-37H,1-4,11-12,15-16,31-32,38-39H2. The minimum atomic E-state index is 0.820. The Kier molecular flexibility index (Phi) is 10.2. The molecule has 2 aliphatic rings. The number of hydrogen-bond acceptors (Lipinski definition) is 8. The third-order valence-corrected chi connectivity index (χ3v) is 13.5. The molecule has 4 aromatic heterocycles. The zero-order valence-electron chi connectivity index (χ0n) is 36.5. The Balaban J connectivity index is 0.627. The van der Waals surface area contributed by atoms with Gasteiger partial charge in [-0.25, -0.2) is 0 Å². The predicted molar refractivity (Wildman–Crippen MR) is 266 cm³/mol. The van der Waals surface area contributed by atoms with Crippen LogP contribution in [0.15, 0.2) is 178 Å². The summed E-state index contributed by atoms with van der Waals surface area (Å²) in [5.74, 6) is 0. The molecule has 0 saturated heterocycles. The van der Waals surface area contributed by atoms with Crippen LogP contribution in [0.5, 0.6) is 0 Å². The van der Waals surface area contributed by atoms with Crippen LogP contribution in [-0.4, -0.2) is 41.2 Å². The Bertz CT molecular complexity index is 3390. The second kappa shape index (κ2) is 16.9. The van der Waals surface area contributed by atoms with Crippen molar-refractivity contribution in [3.63, 3.8) is 0 Å². The van der Waals surface area contributed by atoms with Crippen molar-refractivity contribution in [1.82, 2.24) is 14.8 Å². The highest BCUT2D eigenvalue weighted by Crippen LogP contribution is 2.40. The number of furan rings is 3. The normalized spacial score (nSPS) is 14.1. The van der Waals surface area contributed by atoms with E-state index in [4.69, 9.17) is 18.2 Å². The largest absolute Gasteiger partial charge is 0.455 e. The Hall–Kier alpha value is -7.45. The zero-order chi connectivity index (χ0) is 43.1. The molecule has 0 saturated carbocycles. The Morgan fingerprint density at radius 2 is 1.00 bits per heavy atom. The second-order valence-electron chi connectivity index (χ2n) is 17.7. The van der Waals surface area contributed by atoms with Crippen LogP contribution in [0.2, 0.25) is 0 Å². The predicted octanol–water partition coefficient (Wildman–Crippen LogP) is 14.4. The lowest BCUT2D eigenvalue weighted by Crippen LogP contribution is -2.28. The summed E-state index contributed by atoms with van der Waals surface area (Å²) in [6.45, 7) is 3.67. The molecule has 0 atom stereocenters. The maximum absolute atomic E-state index is 6.65. The molecule has 322 valence electrons. The lowest BCUT2D eigenvalue weighted by Gasteiger charge is -2.23. The summed E-state index contributed by atoms with van der Waals surface area (Å²) in [6.07, 6.45) is 19.9. The number of fused-ring (bicyclic) bond motifs is 9. The topological polar surface area (TPSA) is 65.3 Å². The van der Waals surface area contributed by atoms with Gasteiger partial charge in [-0.2, -0.15) is 0 Å². The van der Waals surface area contributed by atoms with Gasteiger partial charge in [-0.3, -0.25) is 4.98 Å². The fourth-order valence-corrected chi connectivity index (χ4v) is 10.1. The van der Waals surface area contributed by atoms with Gasteiger partial charge in [0.1, 0.15) is 22.3 Å². The van der Waals surface area contributed by atoms with E-state index in [0.717, 1.165) is 132 Å². The highest BCUT2D eigenvalue weighted by atomic mass is 16.3. The maximum Gasteiger partial charge on any atom is 0.159 e. The van der Waals surface area contributed by atoms with Crippen LogP contribution >= 0.6 is 0 Å². The van der Waals surface area contributed by atoms with Crippen LogP contribution in [0.4, 0.5) is 11.4 Å². The first kappa shape index (κ1) is 39.2. The van der Waals surface area contributed by atoms with E-state index in [1.54, 1.807) is 0 Å². The minimum absolute atomic E-state index is 0.820. The molecule has 0 bridgehead atoms. The number of aromatic nitrogens is 1. The van der Waals surface area contributed by atoms with Gasteiger partial charge >= 0.3 is 0 Å². The van der Waals surface area contributed by atoms with Crippen molar-refractivity contribution in [3.8, 4) is 11.3 Å². The molecule has 0 amide bonds. The second-order valence-corrected chi connectivity index (χ2v) is 17.7. The Morgan fingerprint density at radius 3 is 1.69 bits per heavy atom. The fourth-order valence-electron chi connectivity index (χ4n) is 10.1. The number of hydrogen-bond donors (Lipinski definition) is 0. The molecular weight excluding hydrogens is 803 g/mol. The van der Waals surface area contributed by atoms with Gasteiger partial charge in [0.25, 0.3) is 0 Å². The number of rotatable bonds is 15. The van der Waals surface area contributed by atoms with Gasteiger partial charge in [0.15, 0.2) is 11.2 Å². The summed E-state index contributed by atoms with van der Waals surface area (Å²) >= 11 is 0. The van der Waals surface area contributed by atoms with Crippen LogP contribution in [0, 0.1) is 0 Å². The molecule has 0 unspecified atom stereocenters. The van der Waals surface area contributed by atoms with E-state index >= 15 is 0 Å². The maximum atomic E-state index is 6.65. The first-order valence-electron chi connectivity index (χ1n) is 23.3. The van der Waals surface area contributed by atoms with Gasteiger partial charge in [-0.1, -0.05) is 104 Å². The van der Waals surface area contributed by atoms with Gasteiger partial charge in [0, 0.05) is 82.0 Å².